The van der Waals surface area contributed by atoms with Crippen molar-refractivity contribution < 1.29 is 9.53 Å². The van der Waals surface area contributed by atoms with Crippen molar-refractivity contribution in [1.82, 2.24) is 20.4 Å². The number of nitrogens with zero attached hydrogens (tertiary/aromatic N) is 2. The van der Waals surface area contributed by atoms with Gasteiger partial charge in [-0.15, -0.1) is 0 Å². The quantitative estimate of drug-likeness (QED) is 0.790. The Balaban J connectivity index is 1.46. The molecule has 6 nitrogen and oxygen atoms in total. The van der Waals surface area contributed by atoms with Crippen LogP contribution in [0, 0.1) is 5.92 Å². The van der Waals surface area contributed by atoms with E-state index in [9.17, 15) is 4.79 Å². The maximum atomic E-state index is 12.0. The molecule has 6 heteroatoms. The van der Waals surface area contributed by atoms with Crippen molar-refractivity contribution in [3.63, 3.8) is 0 Å². The summed E-state index contributed by atoms with van der Waals surface area (Å²) in [5.41, 5.74) is 2.12. The van der Waals surface area contributed by atoms with Crippen LogP contribution < -0.4 is 15.4 Å². The van der Waals surface area contributed by atoms with Gasteiger partial charge in [-0.2, -0.15) is 5.10 Å². The van der Waals surface area contributed by atoms with Crippen molar-refractivity contribution in [2.75, 3.05) is 26.2 Å². The first-order valence-electron chi connectivity index (χ1n) is 8.43. The largest absolute Gasteiger partial charge is 0.492 e. The second-order valence-electron chi connectivity index (χ2n) is 6.11. The van der Waals surface area contributed by atoms with Gasteiger partial charge in [0.2, 0.25) is 5.91 Å². The van der Waals surface area contributed by atoms with Crippen LogP contribution >= 0.6 is 0 Å². The van der Waals surface area contributed by atoms with Crippen LogP contribution in [-0.2, 0) is 11.8 Å². The van der Waals surface area contributed by atoms with E-state index < -0.39 is 0 Å². The van der Waals surface area contributed by atoms with Gasteiger partial charge in [-0.05, 0) is 37.1 Å². The lowest BCUT2D eigenvalue weighted by Gasteiger charge is -2.21. The van der Waals surface area contributed by atoms with E-state index in [2.05, 4.69) is 15.7 Å². The summed E-state index contributed by atoms with van der Waals surface area (Å²) >= 11 is 0. The van der Waals surface area contributed by atoms with E-state index in [4.69, 9.17) is 4.74 Å². The Bertz CT molecular complexity index is 677. The summed E-state index contributed by atoms with van der Waals surface area (Å²) in [5.74, 6) is 1.01. The van der Waals surface area contributed by atoms with E-state index >= 15 is 0 Å². The molecule has 1 aromatic carbocycles. The fraction of sp³-hybridized carbons (Fsp3) is 0.444. The van der Waals surface area contributed by atoms with Crippen molar-refractivity contribution in [2.45, 2.75) is 12.8 Å². The lowest BCUT2D eigenvalue weighted by molar-refractivity contribution is -0.125. The average molecular weight is 328 g/mol. The summed E-state index contributed by atoms with van der Waals surface area (Å²) in [5, 5.41) is 10.4. The van der Waals surface area contributed by atoms with Crippen LogP contribution in [0.4, 0.5) is 0 Å². The van der Waals surface area contributed by atoms with Crippen LogP contribution in [0.15, 0.2) is 36.7 Å². The van der Waals surface area contributed by atoms with E-state index in [-0.39, 0.29) is 11.8 Å². The normalized spacial score (nSPS) is 17.5. The summed E-state index contributed by atoms with van der Waals surface area (Å²) in [4.78, 5) is 12.0. The zero-order valence-electron chi connectivity index (χ0n) is 14.0. The molecule has 128 valence electrons. The summed E-state index contributed by atoms with van der Waals surface area (Å²) in [6.07, 6.45) is 5.83. The van der Waals surface area contributed by atoms with Gasteiger partial charge >= 0.3 is 0 Å². The Morgan fingerprint density at radius 3 is 3.12 bits per heavy atom. The second-order valence-corrected chi connectivity index (χ2v) is 6.11. The van der Waals surface area contributed by atoms with E-state index in [1.54, 1.807) is 4.68 Å². The number of hydrogen-bond donors (Lipinski definition) is 2. The van der Waals surface area contributed by atoms with E-state index in [1.165, 1.54) is 0 Å². The molecule has 24 heavy (non-hydrogen) atoms. The summed E-state index contributed by atoms with van der Waals surface area (Å²) < 4.78 is 7.53. The third kappa shape index (κ3) is 4.35. The van der Waals surface area contributed by atoms with Gasteiger partial charge in [-0.3, -0.25) is 9.48 Å². The van der Waals surface area contributed by atoms with Crippen LogP contribution in [-0.4, -0.2) is 41.9 Å². The van der Waals surface area contributed by atoms with Crippen molar-refractivity contribution in [3.05, 3.63) is 36.7 Å². The molecule has 1 atom stereocenters. The lowest BCUT2D eigenvalue weighted by atomic mass is 9.99. The highest BCUT2D eigenvalue weighted by molar-refractivity contribution is 5.78. The number of hydrogen-bond acceptors (Lipinski definition) is 4. The molecule has 1 amide bonds. The van der Waals surface area contributed by atoms with Gasteiger partial charge < -0.3 is 15.4 Å². The minimum absolute atomic E-state index is 0.0904. The van der Waals surface area contributed by atoms with Gasteiger partial charge in [0, 0.05) is 25.4 Å². The summed E-state index contributed by atoms with van der Waals surface area (Å²) in [7, 11) is 1.90. The maximum absolute atomic E-state index is 12.0. The Labute approximate surface area is 142 Å². The minimum atomic E-state index is 0.0904. The number of ether oxygens (including phenoxy) is 1. The van der Waals surface area contributed by atoms with E-state index in [0.717, 1.165) is 42.8 Å². The molecular weight excluding hydrogens is 304 g/mol. The minimum Gasteiger partial charge on any atom is -0.492 e. The SMILES string of the molecule is Cn1cc(-c2cccc(OCCNC(=O)[C@H]3CCCNC3)c2)cn1. The zero-order valence-corrected chi connectivity index (χ0v) is 14.0. The molecule has 3 rings (SSSR count). The van der Waals surface area contributed by atoms with Crippen LogP contribution in [0.25, 0.3) is 11.1 Å². The number of carbonyl (C=O) groups excluding carboxylic acids is 1. The highest BCUT2D eigenvalue weighted by Gasteiger charge is 2.20. The molecule has 0 unspecified atom stereocenters. The van der Waals surface area contributed by atoms with Crippen LogP contribution in [0.1, 0.15) is 12.8 Å². The third-order valence-corrected chi connectivity index (χ3v) is 4.21. The van der Waals surface area contributed by atoms with Crippen molar-refractivity contribution in [1.29, 1.82) is 0 Å². The van der Waals surface area contributed by atoms with Crippen molar-refractivity contribution in [3.8, 4) is 16.9 Å². The monoisotopic (exact) mass is 328 g/mol. The van der Waals surface area contributed by atoms with Gasteiger partial charge in [-0.25, -0.2) is 0 Å². The number of piperidine rings is 1. The zero-order chi connectivity index (χ0) is 16.8. The molecule has 0 bridgehead atoms. The number of amides is 1. The van der Waals surface area contributed by atoms with Crippen LogP contribution in [0.3, 0.4) is 0 Å². The highest BCUT2D eigenvalue weighted by atomic mass is 16.5. The Morgan fingerprint density at radius 1 is 1.46 bits per heavy atom. The predicted octanol–water partition coefficient (Wildman–Crippen LogP) is 1.58. The van der Waals surface area contributed by atoms with Crippen molar-refractivity contribution in [2.24, 2.45) is 13.0 Å². The molecular formula is C18H24N4O2. The van der Waals surface area contributed by atoms with Gasteiger partial charge in [0.05, 0.1) is 18.7 Å². The lowest BCUT2D eigenvalue weighted by Crippen LogP contribution is -2.41. The van der Waals surface area contributed by atoms with Crippen molar-refractivity contribution >= 4 is 5.91 Å². The Hall–Kier alpha value is -2.34. The number of carbonyl (C=O) groups is 1. The number of benzene rings is 1. The summed E-state index contributed by atoms with van der Waals surface area (Å²) in [6, 6.07) is 7.91. The van der Waals surface area contributed by atoms with E-state index in [1.807, 2.05) is 43.7 Å². The predicted molar refractivity (Wildman–Crippen MR) is 92.7 cm³/mol. The molecule has 1 aliphatic heterocycles. The number of aryl methyl sites for hydroxylation is 1. The first kappa shape index (κ1) is 16.5. The molecule has 1 fully saturated rings. The molecule has 1 aliphatic rings. The van der Waals surface area contributed by atoms with Gasteiger partial charge in [0.15, 0.2) is 0 Å². The van der Waals surface area contributed by atoms with Gasteiger partial charge in [0.25, 0.3) is 0 Å². The van der Waals surface area contributed by atoms with Gasteiger partial charge in [-0.1, -0.05) is 12.1 Å². The maximum Gasteiger partial charge on any atom is 0.224 e. The molecule has 0 aliphatic carbocycles. The summed E-state index contributed by atoms with van der Waals surface area (Å²) in [6.45, 7) is 2.77. The average Bonchev–Trinajstić information content (AvgIpc) is 3.06. The molecule has 0 saturated carbocycles. The first-order chi connectivity index (χ1) is 11.7. The number of nitrogens with one attached hydrogen (secondary N) is 2. The smallest absolute Gasteiger partial charge is 0.224 e. The topological polar surface area (TPSA) is 68.2 Å². The fourth-order valence-corrected chi connectivity index (χ4v) is 2.90. The molecule has 0 spiro atoms. The molecule has 1 aromatic heterocycles. The molecule has 2 aromatic rings. The van der Waals surface area contributed by atoms with E-state index in [0.29, 0.717) is 13.2 Å². The molecule has 1 saturated heterocycles. The highest BCUT2D eigenvalue weighted by Crippen LogP contribution is 2.23. The Kier molecular flexibility index (Phi) is 5.48. The molecule has 0 radical (unpaired) electrons. The number of rotatable bonds is 6. The van der Waals surface area contributed by atoms with Crippen LogP contribution in [0.5, 0.6) is 5.75 Å². The van der Waals surface area contributed by atoms with Gasteiger partial charge in [0.1, 0.15) is 12.4 Å². The third-order valence-electron chi connectivity index (χ3n) is 4.21. The Morgan fingerprint density at radius 2 is 2.38 bits per heavy atom. The second kappa shape index (κ2) is 7.97. The van der Waals surface area contributed by atoms with Crippen LogP contribution in [0.2, 0.25) is 0 Å². The standard InChI is InChI=1S/C18H24N4O2/c1-22-13-16(12-21-22)14-4-2-6-17(10-14)24-9-8-20-18(23)15-5-3-7-19-11-15/h2,4,6,10,12-13,15,19H,3,5,7-9,11H2,1H3,(H,20,23)/t15-/m0/s1. The fourth-order valence-electron chi connectivity index (χ4n) is 2.90. The first-order valence-corrected chi connectivity index (χ1v) is 8.43. The number of aromatic nitrogens is 2. The molecule has 2 heterocycles. The molecule has 2 N–H and O–H groups in total.